The molecule has 1 aliphatic rings. The summed E-state index contributed by atoms with van der Waals surface area (Å²) in [5.74, 6) is -4.54. The van der Waals surface area contributed by atoms with Crippen LogP contribution in [0.15, 0.2) is 6.20 Å². The van der Waals surface area contributed by atoms with Crippen molar-refractivity contribution in [3.05, 3.63) is 11.9 Å². The molecular weight excluding hydrogens is 805 g/mol. The van der Waals surface area contributed by atoms with Crippen LogP contribution in [0.5, 0.6) is 0 Å². The Labute approximate surface area is 366 Å². The molecule has 0 saturated carbocycles. The summed E-state index contributed by atoms with van der Waals surface area (Å²) in [6.07, 6.45) is 4.80. The van der Waals surface area contributed by atoms with Crippen LogP contribution in [0.25, 0.3) is 0 Å². The van der Waals surface area contributed by atoms with Crippen LogP contribution in [0.4, 0.5) is 0 Å². The Hall–Kier alpha value is -4.98. The number of Topliss-reactive ketones (excluding diaryl/α,β-unsaturated/α-hetero) is 1. The molecule has 62 heavy (non-hydrogen) atoms. The van der Waals surface area contributed by atoms with Crippen LogP contribution in [0.1, 0.15) is 118 Å². The molecule has 1 aliphatic heterocycles. The first-order chi connectivity index (χ1) is 29.3. The summed E-state index contributed by atoms with van der Waals surface area (Å²) in [5, 5.41) is 21.2. The molecule has 350 valence electrons. The summed E-state index contributed by atoms with van der Waals surface area (Å²) in [6, 6.07) is -1.89. The average molecular weight is 877 g/mol. The molecule has 1 unspecified atom stereocenters. The Bertz CT molecular complexity index is 1650. The van der Waals surface area contributed by atoms with E-state index in [9.17, 15) is 38.4 Å². The second kappa shape index (κ2) is 27.2. The highest BCUT2D eigenvalue weighted by Gasteiger charge is 2.41. The van der Waals surface area contributed by atoms with Crippen molar-refractivity contribution in [2.45, 2.75) is 137 Å². The maximum Gasteiger partial charge on any atom is 0.307 e. The number of carbonyl (C=O) groups excluding carboxylic acids is 8. The third-order valence-corrected chi connectivity index (χ3v) is 10.4. The van der Waals surface area contributed by atoms with Crippen LogP contribution in [-0.4, -0.2) is 149 Å². The molecule has 5 N–H and O–H groups in total. The van der Waals surface area contributed by atoms with Gasteiger partial charge in [0.25, 0.3) is 0 Å². The lowest BCUT2D eigenvalue weighted by Crippen LogP contribution is -2.55. The number of unbranched alkanes of at least 4 members (excludes halogenated alkanes) is 1. The molecule has 0 spiro atoms. The van der Waals surface area contributed by atoms with Crippen molar-refractivity contribution in [2.75, 3.05) is 59.5 Å². The predicted molar refractivity (Wildman–Crippen MR) is 229 cm³/mol. The maximum absolute atomic E-state index is 13.9. The van der Waals surface area contributed by atoms with Gasteiger partial charge in [0.2, 0.25) is 35.4 Å². The summed E-state index contributed by atoms with van der Waals surface area (Å²) < 4.78 is 12.7. The molecule has 20 nitrogen and oxygen atoms in total. The van der Waals surface area contributed by atoms with Crippen molar-refractivity contribution in [3.8, 4) is 0 Å². The lowest BCUT2D eigenvalue weighted by molar-refractivity contribution is -0.167. The van der Waals surface area contributed by atoms with E-state index in [2.05, 4.69) is 50.7 Å². The number of nitrogens with one attached hydrogen (secondary N) is 5. The van der Waals surface area contributed by atoms with Gasteiger partial charge in [0.1, 0.15) is 11.7 Å². The van der Waals surface area contributed by atoms with Gasteiger partial charge in [-0.3, -0.25) is 43.3 Å². The van der Waals surface area contributed by atoms with E-state index in [4.69, 9.17) is 9.47 Å². The molecule has 2 rings (SSSR count). The molecule has 0 aromatic carbocycles. The van der Waals surface area contributed by atoms with Crippen molar-refractivity contribution in [3.63, 3.8) is 0 Å². The minimum atomic E-state index is -1.65. The number of amides is 6. The number of nitrogens with zero attached hydrogens (tertiary/aromatic N) is 5. The molecule has 6 amide bonds. The van der Waals surface area contributed by atoms with Gasteiger partial charge in [-0.25, -0.2) is 4.68 Å². The Morgan fingerprint density at radius 1 is 0.823 bits per heavy atom. The number of ketones is 1. The molecule has 0 aliphatic carbocycles. The Morgan fingerprint density at radius 2 is 1.42 bits per heavy atom. The summed E-state index contributed by atoms with van der Waals surface area (Å²) in [7, 11) is 1.59. The van der Waals surface area contributed by atoms with Gasteiger partial charge in [0.05, 0.1) is 70.6 Å². The molecule has 0 radical (unpaired) electrons. The monoisotopic (exact) mass is 877 g/mol. The second-order valence-electron chi connectivity index (χ2n) is 17.0. The van der Waals surface area contributed by atoms with Crippen LogP contribution in [-0.2, 0) is 54.4 Å². The topological polar surface area (TPSA) is 252 Å². The molecule has 4 atom stereocenters. The van der Waals surface area contributed by atoms with Gasteiger partial charge in [-0.1, -0.05) is 59.6 Å². The maximum atomic E-state index is 13.9. The standard InChI is InChI=1S/C42H72N10O10/c1-10-12-13-30(7)52-26-31(48-49-52)25-50(9)38(57)24-44-34(53)14-15-39(58)62-42(8,11-2)40(59)32(20-28(3)4)46-36(55)23-45-41(60)33(21-29(5)6)47-35(54)22-43-37(56)27-51-16-18-61-19-17-51/h26,28-30,32-33H,10-25,27H2,1-9H3,(H,43,56)(H,44,53)(H,45,60)(H,46,55)(H,47,54)/t30?,32-,33-,42+/m0/s1. The third-order valence-electron chi connectivity index (χ3n) is 10.4. The number of carbonyl (C=O) groups is 8. The lowest BCUT2D eigenvalue weighted by Gasteiger charge is -2.32. The number of morpholine rings is 1. The minimum absolute atomic E-state index is 0.00130. The van der Waals surface area contributed by atoms with Crippen molar-refractivity contribution in [2.24, 2.45) is 11.8 Å². The summed E-state index contributed by atoms with van der Waals surface area (Å²) in [5.41, 5.74) is -1.04. The van der Waals surface area contributed by atoms with Gasteiger partial charge in [-0.15, -0.1) is 5.10 Å². The number of esters is 1. The first-order valence-corrected chi connectivity index (χ1v) is 21.9. The first-order valence-electron chi connectivity index (χ1n) is 21.9. The van der Waals surface area contributed by atoms with E-state index >= 15 is 0 Å². The zero-order chi connectivity index (χ0) is 46.4. The average Bonchev–Trinajstić information content (AvgIpc) is 3.70. The van der Waals surface area contributed by atoms with Crippen molar-refractivity contribution in [1.82, 2.24) is 51.4 Å². The smallest absolute Gasteiger partial charge is 0.307 e. The first kappa shape index (κ1) is 53.2. The molecule has 1 saturated heterocycles. The van der Waals surface area contributed by atoms with E-state index in [0.717, 1.165) is 19.3 Å². The number of hydrogen-bond donors (Lipinski definition) is 5. The molecule has 1 aromatic heterocycles. The van der Waals surface area contributed by atoms with Gasteiger partial charge < -0.3 is 41.0 Å². The quantitative estimate of drug-likeness (QED) is 0.0732. The predicted octanol–water partition coefficient (Wildman–Crippen LogP) is 0.792. The number of hydrogen-bond acceptors (Lipinski definition) is 13. The number of aromatic nitrogens is 3. The minimum Gasteiger partial charge on any atom is -0.451 e. The molecule has 20 heteroatoms. The highest BCUT2D eigenvalue weighted by atomic mass is 16.6. The summed E-state index contributed by atoms with van der Waals surface area (Å²) in [6.45, 7) is 16.2. The van der Waals surface area contributed by atoms with E-state index in [1.807, 2.05) is 32.6 Å². The second-order valence-corrected chi connectivity index (χ2v) is 17.0. The van der Waals surface area contributed by atoms with E-state index in [-0.39, 0.29) is 88.0 Å². The third kappa shape index (κ3) is 19.8. The van der Waals surface area contributed by atoms with Crippen LogP contribution in [0.3, 0.4) is 0 Å². The Balaban J connectivity index is 1.88. The summed E-state index contributed by atoms with van der Waals surface area (Å²) in [4.78, 5) is 107. The molecule has 1 aromatic rings. The molecular formula is C42H72N10O10. The zero-order valence-electron chi connectivity index (χ0n) is 38.3. The fraction of sp³-hybridized carbons (Fsp3) is 0.762. The van der Waals surface area contributed by atoms with Gasteiger partial charge in [-0.05, 0) is 51.4 Å². The van der Waals surface area contributed by atoms with Gasteiger partial charge in [0, 0.05) is 26.6 Å². The zero-order valence-corrected chi connectivity index (χ0v) is 38.3. The largest absolute Gasteiger partial charge is 0.451 e. The van der Waals surface area contributed by atoms with Crippen molar-refractivity contribution in [1.29, 1.82) is 0 Å². The Morgan fingerprint density at radius 3 is 2.03 bits per heavy atom. The van der Waals surface area contributed by atoms with E-state index < -0.39 is 59.6 Å². The van der Waals surface area contributed by atoms with Gasteiger partial charge >= 0.3 is 5.97 Å². The van der Waals surface area contributed by atoms with Crippen molar-refractivity contribution >= 4 is 47.2 Å². The lowest BCUT2D eigenvalue weighted by atomic mass is 9.88. The van der Waals surface area contributed by atoms with E-state index in [1.165, 1.54) is 11.8 Å². The van der Waals surface area contributed by atoms with E-state index in [0.29, 0.717) is 32.0 Å². The molecule has 2 heterocycles. The molecule has 0 bridgehead atoms. The van der Waals surface area contributed by atoms with Crippen LogP contribution < -0.4 is 26.6 Å². The van der Waals surface area contributed by atoms with Crippen LogP contribution in [0.2, 0.25) is 0 Å². The van der Waals surface area contributed by atoms with Crippen molar-refractivity contribution < 1.29 is 47.8 Å². The normalized spacial score (nSPS) is 15.4. The van der Waals surface area contributed by atoms with E-state index in [1.54, 1.807) is 24.9 Å². The SMILES string of the molecule is CCCCC(C)n1cc(CN(C)C(=O)CNC(=O)CCC(=O)O[C@](C)(CC)C(=O)[C@H](CC(C)C)NC(=O)CNC(=O)[C@H](CC(C)C)NC(=O)CNC(=O)CN2CCOCC2)nn1. The number of rotatable bonds is 28. The fourth-order valence-corrected chi connectivity index (χ4v) is 6.53. The van der Waals surface area contributed by atoms with Gasteiger partial charge in [0.15, 0.2) is 11.4 Å². The number of ether oxygens (including phenoxy) is 2. The molecule has 1 fully saturated rings. The highest BCUT2D eigenvalue weighted by molar-refractivity contribution is 5.97. The summed E-state index contributed by atoms with van der Waals surface area (Å²) >= 11 is 0. The Kier molecular flexibility index (Phi) is 23.3. The van der Waals surface area contributed by atoms with Gasteiger partial charge in [-0.2, -0.15) is 0 Å². The van der Waals surface area contributed by atoms with Crippen LogP contribution in [0, 0.1) is 11.8 Å². The number of likely N-dealkylation sites (N-methyl/N-ethyl adjacent to an activating group) is 1. The highest BCUT2D eigenvalue weighted by Crippen LogP contribution is 2.23. The van der Waals surface area contributed by atoms with Crippen LogP contribution >= 0.6 is 0 Å². The fourth-order valence-electron chi connectivity index (χ4n) is 6.53.